The van der Waals surface area contributed by atoms with Crippen molar-refractivity contribution in [2.45, 2.75) is 32.7 Å². The van der Waals surface area contributed by atoms with Crippen LogP contribution in [0.3, 0.4) is 0 Å². The summed E-state index contributed by atoms with van der Waals surface area (Å²) in [6, 6.07) is 8.72. The topological polar surface area (TPSA) is 30.7 Å². The van der Waals surface area contributed by atoms with Crippen LogP contribution in [0.25, 0.3) is 0 Å². The van der Waals surface area contributed by atoms with E-state index in [2.05, 4.69) is 64.4 Å². The molecule has 0 amide bonds. The summed E-state index contributed by atoms with van der Waals surface area (Å²) in [5, 5.41) is 9.19. The monoisotopic (exact) mass is 307 g/mol. The van der Waals surface area contributed by atoms with Gasteiger partial charge in [-0.25, -0.2) is 4.68 Å². The van der Waals surface area contributed by atoms with E-state index >= 15 is 0 Å². The van der Waals surface area contributed by atoms with E-state index in [0.29, 0.717) is 5.92 Å². The van der Waals surface area contributed by atoms with Gasteiger partial charge in [0.25, 0.3) is 0 Å². The van der Waals surface area contributed by atoms with E-state index in [1.165, 1.54) is 11.1 Å². The summed E-state index contributed by atoms with van der Waals surface area (Å²) in [4.78, 5) is 0. The van der Waals surface area contributed by atoms with E-state index in [1.807, 2.05) is 10.9 Å². The fourth-order valence-corrected chi connectivity index (χ4v) is 2.23. The zero-order chi connectivity index (χ0) is 13.0. The predicted molar refractivity (Wildman–Crippen MR) is 77.2 cm³/mol. The van der Waals surface area contributed by atoms with Crippen molar-refractivity contribution in [3.05, 3.63) is 47.3 Å². The normalized spacial score (nSPS) is 11.1. The van der Waals surface area contributed by atoms with Gasteiger partial charge < -0.3 is 0 Å². The number of alkyl halides is 1. The molecule has 1 heterocycles. The third-order valence-electron chi connectivity index (χ3n) is 2.93. The molecule has 96 valence electrons. The Kier molecular flexibility index (Phi) is 4.53. The first-order valence-corrected chi connectivity index (χ1v) is 7.35. The summed E-state index contributed by atoms with van der Waals surface area (Å²) in [6.45, 7) is 5.20. The molecule has 4 heteroatoms. The molecule has 0 radical (unpaired) electrons. The van der Waals surface area contributed by atoms with E-state index < -0.39 is 0 Å². The maximum absolute atomic E-state index is 4.13. The van der Waals surface area contributed by atoms with Crippen molar-refractivity contribution in [3.63, 3.8) is 0 Å². The molecule has 0 aliphatic heterocycles. The minimum Gasteiger partial charge on any atom is -0.248 e. The second kappa shape index (κ2) is 6.14. The highest BCUT2D eigenvalue weighted by Gasteiger charge is 2.02. The lowest BCUT2D eigenvalue weighted by molar-refractivity contribution is 0.649. The smallest absolute Gasteiger partial charge is 0.0835 e. The van der Waals surface area contributed by atoms with Crippen LogP contribution in [-0.2, 0) is 13.0 Å². The summed E-state index contributed by atoms with van der Waals surface area (Å²) >= 11 is 3.41. The maximum Gasteiger partial charge on any atom is 0.0835 e. The molecule has 0 N–H and O–H groups in total. The average molecular weight is 308 g/mol. The molecule has 2 rings (SSSR count). The molecular weight excluding hydrogens is 290 g/mol. The number of hydrogen-bond acceptors (Lipinski definition) is 2. The third kappa shape index (κ3) is 3.42. The summed E-state index contributed by atoms with van der Waals surface area (Å²) < 4.78 is 1.89. The van der Waals surface area contributed by atoms with Crippen molar-refractivity contribution in [1.82, 2.24) is 15.0 Å². The second-order valence-electron chi connectivity index (χ2n) is 4.74. The lowest BCUT2D eigenvalue weighted by Crippen LogP contribution is -2.00. The van der Waals surface area contributed by atoms with E-state index in [9.17, 15) is 0 Å². The van der Waals surface area contributed by atoms with Gasteiger partial charge in [-0.3, -0.25) is 0 Å². The Morgan fingerprint density at radius 3 is 2.56 bits per heavy atom. The van der Waals surface area contributed by atoms with Gasteiger partial charge in [-0.15, -0.1) is 5.10 Å². The highest BCUT2D eigenvalue weighted by molar-refractivity contribution is 9.09. The minimum absolute atomic E-state index is 0.580. The summed E-state index contributed by atoms with van der Waals surface area (Å²) in [7, 11) is 0. The maximum atomic E-state index is 4.13. The molecule has 0 aliphatic carbocycles. The molecule has 0 atom stereocenters. The van der Waals surface area contributed by atoms with Gasteiger partial charge in [0.1, 0.15) is 0 Å². The minimum atomic E-state index is 0.580. The van der Waals surface area contributed by atoms with Crippen LogP contribution in [0.4, 0.5) is 0 Å². The summed E-state index contributed by atoms with van der Waals surface area (Å²) in [6.07, 6.45) is 2.93. The van der Waals surface area contributed by atoms with Crippen LogP contribution in [0.2, 0.25) is 0 Å². The van der Waals surface area contributed by atoms with E-state index in [-0.39, 0.29) is 0 Å². The Balaban J connectivity index is 2.03. The quantitative estimate of drug-likeness (QED) is 0.793. The van der Waals surface area contributed by atoms with Gasteiger partial charge in [-0.2, -0.15) is 0 Å². The number of aryl methyl sites for hydroxylation is 1. The molecule has 0 fully saturated rings. The Morgan fingerprint density at radius 2 is 1.94 bits per heavy atom. The van der Waals surface area contributed by atoms with Crippen LogP contribution >= 0.6 is 15.9 Å². The Labute approximate surface area is 116 Å². The van der Waals surface area contributed by atoms with Crippen LogP contribution in [-0.4, -0.2) is 20.3 Å². The van der Waals surface area contributed by atoms with Crippen LogP contribution in [0.1, 0.15) is 36.6 Å². The number of aromatic nitrogens is 3. The standard InChI is InChI=1S/C14H18BrN3/c1-11(2)13-5-3-12(4-6-13)9-18-10-14(7-8-15)16-17-18/h3-6,10-11H,7-9H2,1-2H3. The Hall–Kier alpha value is -1.16. The lowest BCUT2D eigenvalue weighted by atomic mass is 10.0. The van der Waals surface area contributed by atoms with E-state index in [1.54, 1.807) is 0 Å². The van der Waals surface area contributed by atoms with Crippen molar-refractivity contribution >= 4 is 15.9 Å². The first-order valence-electron chi connectivity index (χ1n) is 6.23. The van der Waals surface area contributed by atoms with Crippen LogP contribution < -0.4 is 0 Å². The zero-order valence-corrected chi connectivity index (χ0v) is 12.4. The van der Waals surface area contributed by atoms with Crippen molar-refractivity contribution in [3.8, 4) is 0 Å². The molecular formula is C14H18BrN3. The predicted octanol–water partition coefficient (Wildman–Crippen LogP) is 3.39. The Bertz CT molecular complexity index is 488. The zero-order valence-electron chi connectivity index (χ0n) is 10.8. The van der Waals surface area contributed by atoms with Gasteiger partial charge in [0.15, 0.2) is 0 Å². The van der Waals surface area contributed by atoms with Crippen molar-refractivity contribution in [2.24, 2.45) is 0 Å². The van der Waals surface area contributed by atoms with Gasteiger partial charge in [0.2, 0.25) is 0 Å². The fraction of sp³-hybridized carbons (Fsp3) is 0.429. The molecule has 0 bridgehead atoms. The van der Waals surface area contributed by atoms with Gasteiger partial charge >= 0.3 is 0 Å². The summed E-state index contributed by atoms with van der Waals surface area (Å²) in [5.74, 6) is 0.580. The van der Waals surface area contributed by atoms with Crippen molar-refractivity contribution in [1.29, 1.82) is 0 Å². The highest BCUT2D eigenvalue weighted by Crippen LogP contribution is 2.15. The van der Waals surface area contributed by atoms with Gasteiger partial charge in [-0.05, 0) is 17.0 Å². The molecule has 0 aliphatic rings. The van der Waals surface area contributed by atoms with Crippen molar-refractivity contribution < 1.29 is 0 Å². The molecule has 0 saturated carbocycles. The molecule has 0 saturated heterocycles. The molecule has 3 nitrogen and oxygen atoms in total. The highest BCUT2D eigenvalue weighted by atomic mass is 79.9. The SMILES string of the molecule is CC(C)c1ccc(Cn2cc(CCBr)nn2)cc1. The number of halogens is 1. The lowest BCUT2D eigenvalue weighted by Gasteiger charge is -2.06. The average Bonchev–Trinajstić information content (AvgIpc) is 2.78. The third-order valence-corrected chi connectivity index (χ3v) is 3.32. The molecule has 2 aromatic rings. The van der Waals surface area contributed by atoms with Gasteiger partial charge in [0.05, 0.1) is 12.2 Å². The second-order valence-corrected chi connectivity index (χ2v) is 5.54. The van der Waals surface area contributed by atoms with Gasteiger partial charge in [0, 0.05) is 17.9 Å². The van der Waals surface area contributed by atoms with E-state index in [0.717, 1.165) is 24.0 Å². The molecule has 1 aromatic carbocycles. The summed E-state index contributed by atoms with van der Waals surface area (Å²) in [5.41, 5.74) is 3.66. The number of hydrogen-bond donors (Lipinski definition) is 0. The molecule has 0 unspecified atom stereocenters. The largest absolute Gasteiger partial charge is 0.248 e. The number of nitrogens with zero attached hydrogens (tertiary/aromatic N) is 3. The first-order chi connectivity index (χ1) is 8.69. The van der Waals surface area contributed by atoms with Crippen LogP contribution in [0, 0.1) is 0 Å². The fourth-order valence-electron chi connectivity index (χ4n) is 1.82. The van der Waals surface area contributed by atoms with Gasteiger partial charge in [-0.1, -0.05) is 59.3 Å². The van der Waals surface area contributed by atoms with E-state index in [4.69, 9.17) is 0 Å². The number of rotatable bonds is 5. The number of benzene rings is 1. The molecule has 1 aromatic heterocycles. The van der Waals surface area contributed by atoms with Crippen molar-refractivity contribution in [2.75, 3.05) is 5.33 Å². The first kappa shape index (κ1) is 13.3. The van der Waals surface area contributed by atoms with Crippen LogP contribution in [0.5, 0.6) is 0 Å². The molecule has 18 heavy (non-hydrogen) atoms. The van der Waals surface area contributed by atoms with Crippen LogP contribution in [0.15, 0.2) is 30.5 Å². The Morgan fingerprint density at radius 1 is 1.22 bits per heavy atom. The molecule has 0 spiro atoms.